The molecule has 7 heteroatoms. The first-order valence-electron chi connectivity index (χ1n) is 7.06. The SMILES string of the molecule is CC(=O)[C@@H](Cc1ccccc1)NC(=O)CSc1nccc(=O)[nH]1. The fraction of sp³-hybridized carbons (Fsp3) is 0.250. The van der Waals surface area contributed by atoms with E-state index in [0.29, 0.717) is 11.6 Å². The lowest BCUT2D eigenvalue weighted by molar-refractivity contribution is -0.125. The van der Waals surface area contributed by atoms with Gasteiger partial charge in [-0.05, 0) is 18.9 Å². The number of carbonyl (C=O) groups is 2. The Hall–Kier alpha value is -2.41. The van der Waals surface area contributed by atoms with Crippen LogP contribution in [-0.4, -0.2) is 33.5 Å². The number of H-pyrrole nitrogens is 1. The van der Waals surface area contributed by atoms with Crippen LogP contribution in [0.3, 0.4) is 0 Å². The largest absolute Gasteiger partial charge is 0.345 e. The highest BCUT2D eigenvalue weighted by Gasteiger charge is 2.17. The second kappa shape index (κ2) is 8.28. The molecule has 0 aliphatic carbocycles. The van der Waals surface area contributed by atoms with Crippen molar-refractivity contribution in [1.29, 1.82) is 0 Å². The van der Waals surface area contributed by atoms with E-state index in [-0.39, 0.29) is 23.0 Å². The van der Waals surface area contributed by atoms with Gasteiger partial charge in [-0.1, -0.05) is 42.1 Å². The van der Waals surface area contributed by atoms with Crippen molar-refractivity contribution in [1.82, 2.24) is 15.3 Å². The first-order valence-corrected chi connectivity index (χ1v) is 8.05. The Balaban J connectivity index is 1.90. The van der Waals surface area contributed by atoms with Crippen LogP contribution in [0, 0.1) is 0 Å². The molecule has 1 atom stereocenters. The molecule has 0 saturated heterocycles. The van der Waals surface area contributed by atoms with Crippen molar-refractivity contribution < 1.29 is 9.59 Å². The van der Waals surface area contributed by atoms with Gasteiger partial charge in [0.25, 0.3) is 5.56 Å². The molecular formula is C16H17N3O3S. The maximum absolute atomic E-state index is 12.0. The molecule has 0 unspecified atom stereocenters. The van der Waals surface area contributed by atoms with E-state index in [4.69, 9.17) is 0 Å². The number of nitrogens with zero attached hydrogens (tertiary/aromatic N) is 1. The van der Waals surface area contributed by atoms with Gasteiger partial charge in [0.1, 0.15) is 0 Å². The fourth-order valence-electron chi connectivity index (χ4n) is 1.94. The molecule has 23 heavy (non-hydrogen) atoms. The van der Waals surface area contributed by atoms with E-state index in [2.05, 4.69) is 15.3 Å². The lowest BCUT2D eigenvalue weighted by Crippen LogP contribution is -2.42. The van der Waals surface area contributed by atoms with E-state index in [9.17, 15) is 14.4 Å². The normalized spacial score (nSPS) is 11.7. The van der Waals surface area contributed by atoms with Crippen molar-refractivity contribution >= 4 is 23.5 Å². The van der Waals surface area contributed by atoms with Crippen molar-refractivity contribution in [3.05, 3.63) is 58.5 Å². The quantitative estimate of drug-likeness (QED) is 0.587. The van der Waals surface area contributed by atoms with Crippen molar-refractivity contribution in [3.8, 4) is 0 Å². The predicted molar refractivity (Wildman–Crippen MR) is 88.3 cm³/mol. The zero-order chi connectivity index (χ0) is 16.7. The molecule has 6 nitrogen and oxygen atoms in total. The van der Waals surface area contributed by atoms with Gasteiger partial charge >= 0.3 is 0 Å². The number of hydrogen-bond acceptors (Lipinski definition) is 5. The van der Waals surface area contributed by atoms with E-state index in [1.165, 1.54) is 19.2 Å². The van der Waals surface area contributed by atoms with Crippen LogP contribution >= 0.6 is 11.8 Å². The number of benzene rings is 1. The Morgan fingerprint density at radius 1 is 1.26 bits per heavy atom. The molecule has 120 valence electrons. The molecule has 1 aromatic heterocycles. The summed E-state index contributed by atoms with van der Waals surface area (Å²) in [5.41, 5.74) is 0.711. The number of amides is 1. The van der Waals surface area contributed by atoms with Crippen LogP contribution in [0.1, 0.15) is 12.5 Å². The number of hydrogen-bond donors (Lipinski definition) is 2. The molecular weight excluding hydrogens is 314 g/mol. The van der Waals surface area contributed by atoms with Crippen LogP contribution in [0.4, 0.5) is 0 Å². The van der Waals surface area contributed by atoms with Crippen molar-refractivity contribution in [3.63, 3.8) is 0 Å². The molecule has 2 N–H and O–H groups in total. The maximum atomic E-state index is 12.0. The monoisotopic (exact) mass is 331 g/mol. The third kappa shape index (κ3) is 5.71. The first kappa shape index (κ1) is 17.0. The molecule has 0 radical (unpaired) electrons. The summed E-state index contributed by atoms with van der Waals surface area (Å²) in [5, 5.41) is 3.09. The van der Waals surface area contributed by atoms with E-state index < -0.39 is 6.04 Å². The summed E-state index contributed by atoms with van der Waals surface area (Å²) >= 11 is 1.11. The Labute approximate surface area is 137 Å². The van der Waals surface area contributed by atoms with Gasteiger partial charge in [-0.25, -0.2) is 4.98 Å². The van der Waals surface area contributed by atoms with Gasteiger partial charge in [-0.3, -0.25) is 14.4 Å². The molecule has 0 fully saturated rings. The third-order valence-electron chi connectivity index (χ3n) is 3.10. The van der Waals surface area contributed by atoms with Crippen LogP contribution in [-0.2, 0) is 16.0 Å². The molecule has 1 amide bonds. The van der Waals surface area contributed by atoms with Crippen LogP contribution in [0.2, 0.25) is 0 Å². The molecule has 0 saturated carbocycles. The minimum atomic E-state index is -0.562. The molecule has 1 heterocycles. The van der Waals surface area contributed by atoms with Gasteiger partial charge in [0.15, 0.2) is 10.9 Å². The van der Waals surface area contributed by atoms with Crippen molar-refractivity contribution in [2.45, 2.75) is 24.5 Å². The summed E-state index contributed by atoms with van der Waals surface area (Å²) < 4.78 is 0. The van der Waals surface area contributed by atoms with E-state index >= 15 is 0 Å². The van der Waals surface area contributed by atoms with Crippen LogP contribution in [0.5, 0.6) is 0 Å². The summed E-state index contributed by atoms with van der Waals surface area (Å²) in [6, 6.07) is 10.2. The van der Waals surface area contributed by atoms with Crippen molar-refractivity contribution in [2.24, 2.45) is 0 Å². The number of carbonyl (C=O) groups excluding carboxylic acids is 2. The van der Waals surface area contributed by atoms with Gasteiger partial charge in [-0.15, -0.1) is 0 Å². The molecule has 0 spiro atoms. The first-order chi connectivity index (χ1) is 11.0. The number of thioether (sulfide) groups is 1. The minimum Gasteiger partial charge on any atom is -0.345 e. The zero-order valence-corrected chi connectivity index (χ0v) is 13.4. The number of nitrogens with one attached hydrogen (secondary N) is 2. The lowest BCUT2D eigenvalue weighted by Gasteiger charge is -2.15. The summed E-state index contributed by atoms with van der Waals surface area (Å²) in [4.78, 5) is 41.4. The summed E-state index contributed by atoms with van der Waals surface area (Å²) in [6.07, 6.45) is 1.83. The van der Waals surface area contributed by atoms with Crippen molar-refractivity contribution in [2.75, 3.05) is 5.75 Å². The number of aromatic nitrogens is 2. The Morgan fingerprint density at radius 2 is 2.00 bits per heavy atom. The predicted octanol–water partition coefficient (Wildman–Crippen LogP) is 1.18. The molecule has 2 rings (SSSR count). The number of ketones is 1. The topological polar surface area (TPSA) is 91.9 Å². The zero-order valence-electron chi connectivity index (χ0n) is 12.6. The third-order valence-corrected chi connectivity index (χ3v) is 3.98. The Bertz CT molecular complexity index is 731. The smallest absolute Gasteiger partial charge is 0.251 e. The van der Waals surface area contributed by atoms with Gasteiger partial charge < -0.3 is 10.3 Å². The Morgan fingerprint density at radius 3 is 2.65 bits per heavy atom. The van der Waals surface area contributed by atoms with Gasteiger partial charge in [-0.2, -0.15) is 0 Å². The average molecular weight is 331 g/mol. The summed E-state index contributed by atoms with van der Waals surface area (Å²) in [5.74, 6) is -0.304. The minimum absolute atomic E-state index is 0.0749. The molecule has 2 aromatic rings. The highest BCUT2D eigenvalue weighted by Crippen LogP contribution is 2.10. The van der Waals surface area contributed by atoms with E-state index in [0.717, 1.165) is 17.3 Å². The molecule has 0 aliphatic rings. The fourth-order valence-corrected chi connectivity index (χ4v) is 2.60. The highest BCUT2D eigenvalue weighted by molar-refractivity contribution is 7.99. The standard InChI is InChI=1S/C16H17N3O3S/c1-11(20)13(9-12-5-3-2-4-6-12)18-15(22)10-23-16-17-8-7-14(21)19-16/h2-8,13H,9-10H2,1H3,(H,18,22)(H,17,19,21)/t13-/m1/s1. The average Bonchev–Trinajstić information content (AvgIpc) is 2.53. The van der Waals surface area contributed by atoms with Gasteiger partial charge in [0, 0.05) is 12.3 Å². The summed E-state index contributed by atoms with van der Waals surface area (Å²) in [7, 11) is 0. The van der Waals surface area contributed by atoms with E-state index in [1.54, 1.807) is 0 Å². The molecule has 1 aromatic carbocycles. The maximum Gasteiger partial charge on any atom is 0.251 e. The van der Waals surface area contributed by atoms with E-state index in [1.807, 2.05) is 30.3 Å². The highest BCUT2D eigenvalue weighted by atomic mass is 32.2. The second-order valence-corrected chi connectivity index (χ2v) is 5.91. The Kier molecular flexibility index (Phi) is 6.10. The van der Waals surface area contributed by atoms with Gasteiger partial charge in [0.2, 0.25) is 5.91 Å². The number of Topliss-reactive ketones (excluding diaryl/α,β-unsaturated/α-hetero) is 1. The molecule has 0 bridgehead atoms. The van der Waals surface area contributed by atoms with Crippen LogP contribution in [0.15, 0.2) is 52.5 Å². The van der Waals surface area contributed by atoms with Crippen LogP contribution < -0.4 is 10.9 Å². The van der Waals surface area contributed by atoms with Crippen LogP contribution in [0.25, 0.3) is 0 Å². The van der Waals surface area contributed by atoms with Gasteiger partial charge in [0.05, 0.1) is 11.8 Å². The lowest BCUT2D eigenvalue weighted by atomic mass is 10.0. The number of rotatable bonds is 7. The second-order valence-electron chi connectivity index (χ2n) is 4.95. The summed E-state index contributed by atoms with van der Waals surface area (Å²) in [6.45, 7) is 1.46. The molecule has 0 aliphatic heterocycles. The number of aromatic amines is 1.